The van der Waals surface area contributed by atoms with Crippen LogP contribution >= 0.6 is 11.6 Å². The summed E-state index contributed by atoms with van der Waals surface area (Å²) in [7, 11) is 1.17. The molecule has 1 aromatic rings. The quantitative estimate of drug-likeness (QED) is 0.727. The second-order valence-electron chi connectivity index (χ2n) is 4.84. The fourth-order valence-electron chi connectivity index (χ4n) is 2.24. The van der Waals surface area contributed by atoms with E-state index in [2.05, 4.69) is 15.0 Å². The molecule has 0 spiro atoms. The van der Waals surface area contributed by atoms with Gasteiger partial charge < -0.3 is 19.9 Å². The molecule has 0 aliphatic heterocycles. The van der Waals surface area contributed by atoms with Gasteiger partial charge in [0.2, 0.25) is 5.88 Å². The number of carbonyl (C=O) groups excluding carboxylic acids is 2. The van der Waals surface area contributed by atoms with Gasteiger partial charge in [0.15, 0.2) is 12.6 Å². The summed E-state index contributed by atoms with van der Waals surface area (Å²) >= 11 is 6.14. The number of halogens is 1. The van der Waals surface area contributed by atoms with Gasteiger partial charge in [-0.1, -0.05) is 11.6 Å². The van der Waals surface area contributed by atoms with Crippen LogP contribution in [0.1, 0.15) is 17.7 Å². The normalized spacial score (nSPS) is 14.1. The Hall–Kier alpha value is -1.86. The predicted molar refractivity (Wildman–Crippen MR) is 77.8 cm³/mol. The first-order chi connectivity index (χ1) is 10.5. The summed E-state index contributed by atoms with van der Waals surface area (Å²) in [5.41, 5.74) is 1.93. The molecule has 22 heavy (non-hydrogen) atoms. The monoisotopic (exact) mass is 328 g/mol. The highest BCUT2D eigenvalue weighted by Crippen LogP contribution is 2.30. The number of carbonyl (C=O) groups is 2. The lowest BCUT2D eigenvalue weighted by Gasteiger charge is -2.14. The molecular weight excluding hydrogens is 312 g/mol. The number of nitrogens with zero attached hydrogens (tertiary/aromatic N) is 1. The van der Waals surface area contributed by atoms with Gasteiger partial charge in [0, 0.05) is 11.8 Å². The number of methoxy groups -OCH3 is 1. The van der Waals surface area contributed by atoms with Crippen molar-refractivity contribution >= 4 is 23.5 Å². The lowest BCUT2D eigenvalue weighted by molar-refractivity contribution is -0.146. The molecule has 2 rings (SSSR count). The average Bonchev–Trinajstić information content (AvgIpc) is 2.98. The first kappa shape index (κ1) is 16.5. The summed E-state index contributed by atoms with van der Waals surface area (Å²) in [4.78, 5) is 27.3. The first-order valence-electron chi connectivity index (χ1n) is 6.84. The highest BCUT2D eigenvalue weighted by atomic mass is 35.5. The molecule has 8 heteroatoms. The summed E-state index contributed by atoms with van der Waals surface area (Å²) < 4.78 is 9.74. The third kappa shape index (κ3) is 3.86. The van der Waals surface area contributed by atoms with E-state index < -0.39 is 24.5 Å². The van der Waals surface area contributed by atoms with E-state index in [0.29, 0.717) is 5.02 Å². The number of amides is 1. The summed E-state index contributed by atoms with van der Waals surface area (Å²) in [5, 5.41) is 11.9. The molecule has 1 aliphatic carbocycles. The van der Waals surface area contributed by atoms with E-state index in [1.54, 1.807) is 6.07 Å². The van der Waals surface area contributed by atoms with Crippen LogP contribution in [-0.2, 0) is 27.2 Å². The van der Waals surface area contributed by atoms with Gasteiger partial charge in [-0.15, -0.1) is 0 Å². The van der Waals surface area contributed by atoms with Crippen LogP contribution < -0.4 is 10.1 Å². The number of ether oxygens (including phenoxy) is 2. The van der Waals surface area contributed by atoms with Crippen molar-refractivity contribution in [2.45, 2.75) is 25.3 Å². The Morgan fingerprint density at radius 1 is 1.50 bits per heavy atom. The fraction of sp³-hybridized carbons (Fsp3) is 0.500. The van der Waals surface area contributed by atoms with Crippen LogP contribution in [0.15, 0.2) is 6.07 Å². The number of hydrogen-bond acceptors (Lipinski definition) is 6. The molecular formula is C14H17ClN2O5. The highest BCUT2D eigenvalue weighted by Gasteiger charge is 2.21. The predicted octanol–water partition coefficient (Wildman–Crippen LogP) is 0.253. The lowest BCUT2D eigenvalue weighted by Crippen LogP contribution is -2.45. The second kappa shape index (κ2) is 7.42. The Kier molecular flexibility index (Phi) is 5.57. The van der Waals surface area contributed by atoms with Crippen molar-refractivity contribution < 1.29 is 24.2 Å². The zero-order valence-electron chi connectivity index (χ0n) is 12.1. The molecule has 7 nitrogen and oxygen atoms in total. The Bertz CT molecular complexity index is 579. The van der Waals surface area contributed by atoms with Gasteiger partial charge in [-0.25, -0.2) is 9.78 Å². The van der Waals surface area contributed by atoms with Crippen LogP contribution in [-0.4, -0.2) is 48.3 Å². The van der Waals surface area contributed by atoms with Crippen molar-refractivity contribution in [3.8, 4) is 5.88 Å². The fourth-order valence-corrected chi connectivity index (χ4v) is 2.54. The number of hydrogen-bond donors (Lipinski definition) is 2. The van der Waals surface area contributed by atoms with Crippen LogP contribution in [0.3, 0.4) is 0 Å². The molecule has 120 valence electrons. The van der Waals surface area contributed by atoms with Gasteiger partial charge in [-0.2, -0.15) is 0 Å². The van der Waals surface area contributed by atoms with E-state index >= 15 is 0 Å². The van der Waals surface area contributed by atoms with Crippen LogP contribution in [0, 0.1) is 0 Å². The number of aryl methyl sites for hydroxylation is 1. The summed E-state index contributed by atoms with van der Waals surface area (Å²) in [6.07, 6.45) is 2.75. The third-order valence-electron chi connectivity index (χ3n) is 3.33. The number of nitrogens with one attached hydrogen (secondary N) is 1. The topological polar surface area (TPSA) is 97.8 Å². The van der Waals surface area contributed by atoms with Crippen molar-refractivity contribution in [2.75, 3.05) is 20.3 Å². The molecule has 0 saturated carbocycles. The Morgan fingerprint density at radius 3 is 2.95 bits per heavy atom. The minimum Gasteiger partial charge on any atom is -0.468 e. The first-order valence-corrected chi connectivity index (χ1v) is 7.22. The smallest absolute Gasteiger partial charge is 0.330 e. The van der Waals surface area contributed by atoms with Crippen LogP contribution in [0.5, 0.6) is 5.88 Å². The number of aromatic nitrogens is 1. The van der Waals surface area contributed by atoms with E-state index in [-0.39, 0.29) is 12.5 Å². The zero-order valence-corrected chi connectivity index (χ0v) is 12.9. The zero-order chi connectivity index (χ0) is 16.1. The second-order valence-corrected chi connectivity index (χ2v) is 5.24. The van der Waals surface area contributed by atoms with Crippen molar-refractivity contribution in [3.63, 3.8) is 0 Å². The largest absolute Gasteiger partial charge is 0.468 e. The van der Waals surface area contributed by atoms with Gasteiger partial charge in [0.1, 0.15) is 0 Å². The van der Waals surface area contributed by atoms with Crippen molar-refractivity contribution in [1.29, 1.82) is 0 Å². The van der Waals surface area contributed by atoms with Gasteiger partial charge in [-0.05, 0) is 24.8 Å². The maximum absolute atomic E-state index is 11.7. The molecule has 0 aromatic carbocycles. The Labute approximate surface area is 132 Å². The number of fused-ring (bicyclic) bond motifs is 1. The van der Waals surface area contributed by atoms with Crippen molar-refractivity contribution in [2.24, 2.45) is 0 Å². The average molecular weight is 329 g/mol. The van der Waals surface area contributed by atoms with Gasteiger partial charge in [0.05, 0.1) is 18.7 Å². The molecule has 1 amide bonds. The van der Waals surface area contributed by atoms with Crippen LogP contribution in [0.4, 0.5) is 0 Å². The minimum atomic E-state index is -1.11. The maximum Gasteiger partial charge on any atom is 0.330 e. The molecule has 0 fully saturated rings. The summed E-state index contributed by atoms with van der Waals surface area (Å²) in [6.45, 7) is -0.892. The highest BCUT2D eigenvalue weighted by molar-refractivity contribution is 6.31. The molecule has 1 atom stereocenters. The van der Waals surface area contributed by atoms with E-state index in [9.17, 15) is 9.59 Å². The number of pyridine rings is 1. The molecule has 0 bridgehead atoms. The molecule has 2 N–H and O–H groups in total. The molecule has 1 aliphatic rings. The van der Waals surface area contributed by atoms with Gasteiger partial charge in [-0.3, -0.25) is 4.79 Å². The molecule has 0 saturated heterocycles. The van der Waals surface area contributed by atoms with Crippen LogP contribution in [0.2, 0.25) is 5.02 Å². The molecule has 1 aromatic heterocycles. The summed E-state index contributed by atoms with van der Waals surface area (Å²) in [6, 6.07) is 0.459. The van der Waals surface area contributed by atoms with E-state index in [4.69, 9.17) is 21.4 Å². The number of aliphatic hydroxyl groups excluding tert-OH is 1. The Morgan fingerprint density at radius 2 is 2.27 bits per heavy atom. The van der Waals surface area contributed by atoms with Gasteiger partial charge >= 0.3 is 5.97 Å². The van der Waals surface area contributed by atoms with E-state index in [1.165, 1.54) is 7.11 Å². The molecule has 0 radical (unpaired) electrons. The van der Waals surface area contributed by atoms with Gasteiger partial charge in [0.25, 0.3) is 5.91 Å². The van der Waals surface area contributed by atoms with Crippen molar-refractivity contribution in [1.82, 2.24) is 10.3 Å². The third-order valence-corrected chi connectivity index (χ3v) is 3.66. The number of aliphatic hydroxyl groups is 1. The molecule has 0 unspecified atom stereocenters. The van der Waals surface area contributed by atoms with E-state index in [1.807, 2.05) is 0 Å². The number of esters is 1. The van der Waals surface area contributed by atoms with Crippen molar-refractivity contribution in [3.05, 3.63) is 22.3 Å². The lowest BCUT2D eigenvalue weighted by atomic mass is 10.2. The van der Waals surface area contributed by atoms with E-state index in [0.717, 1.165) is 30.5 Å². The maximum atomic E-state index is 11.7. The minimum absolute atomic E-state index is 0.263. The molecule has 1 heterocycles. The van der Waals surface area contributed by atoms with Crippen LogP contribution in [0.25, 0.3) is 0 Å². The Balaban J connectivity index is 1.91. The standard InChI is InChI=1S/C14H17ClN2O5/c1-21-14(20)11(6-18)16-12(19)7-22-13-5-9(15)8-3-2-4-10(8)17-13/h5,11,18H,2-4,6-7H2,1H3,(H,16,19)/t11-/m0/s1. The number of rotatable bonds is 6. The SMILES string of the molecule is COC(=O)[C@H](CO)NC(=O)COc1cc(Cl)c2c(n1)CCC2. The summed E-state index contributed by atoms with van der Waals surface area (Å²) in [5.74, 6) is -1.03.